The summed E-state index contributed by atoms with van der Waals surface area (Å²) in [6.45, 7) is 6.42. The first-order valence-corrected chi connectivity index (χ1v) is 5.63. The third-order valence-electron chi connectivity index (χ3n) is 3.32. The monoisotopic (exact) mass is 208 g/mol. The summed E-state index contributed by atoms with van der Waals surface area (Å²) in [5.74, 6) is 0. The van der Waals surface area contributed by atoms with Crippen LogP contribution in [0.2, 0.25) is 0 Å². The predicted molar refractivity (Wildman–Crippen MR) is 60.5 cm³/mol. The van der Waals surface area contributed by atoms with Crippen LogP contribution in [0.4, 0.5) is 0 Å². The van der Waals surface area contributed by atoms with Crippen molar-refractivity contribution in [1.82, 2.24) is 14.7 Å². The van der Waals surface area contributed by atoms with E-state index in [-0.39, 0.29) is 6.04 Å². The Bertz CT molecular complexity index is 344. The van der Waals surface area contributed by atoms with E-state index >= 15 is 0 Å². The fraction of sp³-hybridized carbons (Fsp3) is 0.727. The Morgan fingerprint density at radius 2 is 2.33 bits per heavy atom. The Labute approximate surface area is 91.1 Å². The molecule has 1 aromatic rings. The molecular formula is C11H20N4. The smallest absolute Gasteiger partial charge is 0.0642 e. The van der Waals surface area contributed by atoms with Crippen LogP contribution >= 0.6 is 0 Å². The van der Waals surface area contributed by atoms with Gasteiger partial charge >= 0.3 is 0 Å². The van der Waals surface area contributed by atoms with E-state index in [2.05, 4.69) is 30.0 Å². The molecule has 0 radical (unpaired) electrons. The number of aromatic nitrogens is 2. The fourth-order valence-corrected chi connectivity index (χ4v) is 2.57. The van der Waals surface area contributed by atoms with Crippen LogP contribution in [0.1, 0.15) is 30.6 Å². The summed E-state index contributed by atoms with van der Waals surface area (Å²) in [6, 6.07) is 0.622. The highest BCUT2D eigenvalue weighted by molar-refractivity contribution is 5.23. The van der Waals surface area contributed by atoms with Crippen molar-refractivity contribution < 1.29 is 0 Å². The van der Waals surface area contributed by atoms with Gasteiger partial charge < -0.3 is 5.73 Å². The van der Waals surface area contributed by atoms with E-state index in [1.807, 2.05) is 11.7 Å². The molecule has 4 nitrogen and oxygen atoms in total. The zero-order valence-electron chi connectivity index (χ0n) is 9.77. The number of likely N-dealkylation sites (N-methyl/N-ethyl adjacent to an activating group) is 1. The molecule has 15 heavy (non-hydrogen) atoms. The lowest BCUT2D eigenvalue weighted by Crippen LogP contribution is -2.31. The van der Waals surface area contributed by atoms with Crippen molar-refractivity contribution in [3.63, 3.8) is 0 Å². The van der Waals surface area contributed by atoms with Crippen LogP contribution < -0.4 is 5.73 Å². The molecule has 1 aromatic heterocycles. The molecule has 1 aliphatic heterocycles. The molecule has 2 atom stereocenters. The van der Waals surface area contributed by atoms with Crippen LogP contribution in [-0.2, 0) is 7.05 Å². The molecule has 2 rings (SSSR count). The number of aryl methyl sites for hydroxylation is 2. The molecule has 2 N–H and O–H groups in total. The number of hydrogen-bond acceptors (Lipinski definition) is 3. The van der Waals surface area contributed by atoms with Gasteiger partial charge in [-0.3, -0.25) is 9.58 Å². The van der Waals surface area contributed by atoms with E-state index < -0.39 is 0 Å². The van der Waals surface area contributed by atoms with E-state index in [0.29, 0.717) is 6.04 Å². The van der Waals surface area contributed by atoms with Crippen LogP contribution in [-0.4, -0.2) is 33.8 Å². The summed E-state index contributed by atoms with van der Waals surface area (Å²) >= 11 is 0. The molecule has 0 spiro atoms. The Kier molecular flexibility index (Phi) is 2.80. The van der Waals surface area contributed by atoms with Gasteiger partial charge in [0, 0.05) is 31.4 Å². The lowest BCUT2D eigenvalue weighted by atomic mass is 10.0. The Hall–Kier alpha value is -0.870. The second kappa shape index (κ2) is 3.94. The maximum absolute atomic E-state index is 6.18. The van der Waals surface area contributed by atoms with E-state index in [4.69, 9.17) is 5.73 Å². The Balaban J connectivity index is 2.31. The van der Waals surface area contributed by atoms with Gasteiger partial charge in [-0.25, -0.2) is 0 Å². The third kappa shape index (κ3) is 1.79. The maximum atomic E-state index is 6.18. The Morgan fingerprint density at radius 1 is 1.60 bits per heavy atom. The van der Waals surface area contributed by atoms with Gasteiger partial charge in [-0.05, 0) is 19.9 Å². The predicted octanol–water partition coefficient (Wildman–Crippen LogP) is 0.823. The molecule has 84 valence electrons. The van der Waals surface area contributed by atoms with Gasteiger partial charge in [0.05, 0.1) is 11.7 Å². The molecular weight excluding hydrogens is 188 g/mol. The minimum atomic E-state index is 0.257. The Morgan fingerprint density at radius 3 is 2.87 bits per heavy atom. The molecule has 1 aliphatic rings. The second-order valence-corrected chi connectivity index (χ2v) is 4.37. The van der Waals surface area contributed by atoms with Gasteiger partial charge in [0.25, 0.3) is 0 Å². The van der Waals surface area contributed by atoms with E-state index in [9.17, 15) is 0 Å². The van der Waals surface area contributed by atoms with Crippen molar-refractivity contribution in [2.45, 2.75) is 32.4 Å². The topological polar surface area (TPSA) is 47.1 Å². The fourth-order valence-electron chi connectivity index (χ4n) is 2.57. The lowest BCUT2D eigenvalue weighted by Gasteiger charge is -2.24. The molecule has 0 aromatic carbocycles. The van der Waals surface area contributed by atoms with Crippen LogP contribution in [0.3, 0.4) is 0 Å². The van der Waals surface area contributed by atoms with Gasteiger partial charge in [-0.1, -0.05) is 6.92 Å². The molecule has 0 saturated carbocycles. The highest BCUT2D eigenvalue weighted by Gasteiger charge is 2.33. The molecule has 1 fully saturated rings. The third-order valence-corrected chi connectivity index (χ3v) is 3.32. The van der Waals surface area contributed by atoms with Crippen molar-refractivity contribution >= 4 is 0 Å². The second-order valence-electron chi connectivity index (χ2n) is 4.37. The van der Waals surface area contributed by atoms with Crippen LogP contribution in [0.25, 0.3) is 0 Å². The summed E-state index contributed by atoms with van der Waals surface area (Å²) in [6.07, 6.45) is 3.20. The normalized spacial score (nSPS) is 27.5. The average Bonchev–Trinajstić information content (AvgIpc) is 2.69. The molecule has 0 aliphatic carbocycles. The molecule has 0 amide bonds. The zero-order valence-corrected chi connectivity index (χ0v) is 9.77. The summed E-state index contributed by atoms with van der Waals surface area (Å²) in [5.41, 5.74) is 8.58. The van der Waals surface area contributed by atoms with Crippen molar-refractivity contribution in [2.75, 3.05) is 13.1 Å². The van der Waals surface area contributed by atoms with Gasteiger partial charge in [0.1, 0.15) is 0 Å². The summed E-state index contributed by atoms with van der Waals surface area (Å²) in [4.78, 5) is 2.44. The van der Waals surface area contributed by atoms with E-state index in [0.717, 1.165) is 25.2 Å². The van der Waals surface area contributed by atoms with Gasteiger partial charge in [-0.2, -0.15) is 5.10 Å². The van der Waals surface area contributed by atoms with Gasteiger partial charge in [-0.15, -0.1) is 0 Å². The first-order valence-electron chi connectivity index (χ1n) is 5.63. The summed E-state index contributed by atoms with van der Waals surface area (Å²) in [7, 11) is 1.97. The van der Waals surface area contributed by atoms with Crippen molar-refractivity contribution in [3.05, 3.63) is 17.5 Å². The molecule has 0 bridgehead atoms. The van der Waals surface area contributed by atoms with Crippen LogP contribution in [0, 0.1) is 6.92 Å². The number of hydrogen-bond donors (Lipinski definition) is 1. The first kappa shape index (κ1) is 10.6. The number of rotatable bonds is 2. The van der Waals surface area contributed by atoms with E-state index in [1.54, 1.807) is 0 Å². The highest BCUT2D eigenvalue weighted by Crippen LogP contribution is 2.31. The molecule has 2 heterocycles. The first-order chi connectivity index (χ1) is 7.13. The molecule has 2 unspecified atom stereocenters. The van der Waals surface area contributed by atoms with Crippen molar-refractivity contribution in [3.8, 4) is 0 Å². The van der Waals surface area contributed by atoms with Crippen LogP contribution in [0.5, 0.6) is 0 Å². The zero-order chi connectivity index (χ0) is 11.0. The minimum Gasteiger partial charge on any atom is -0.326 e. The molecule has 4 heteroatoms. The largest absolute Gasteiger partial charge is 0.326 e. The maximum Gasteiger partial charge on any atom is 0.0642 e. The highest BCUT2D eigenvalue weighted by atomic mass is 15.3. The standard InChI is InChI=1S/C11H20N4/c1-4-15-6-5-10(12)11(15)9-7-14(3)13-8(9)2/h7,10-11H,4-6,12H2,1-3H3. The summed E-state index contributed by atoms with van der Waals surface area (Å²) < 4.78 is 1.88. The lowest BCUT2D eigenvalue weighted by molar-refractivity contribution is 0.260. The van der Waals surface area contributed by atoms with Crippen LogP contribution in [0.15, 0.2) is 6.20 Å². The van der Waals surface area contributed by atoms with Gasteiger partial charge in [0.2, 0.25) is 0 Å². The number of nitrogens with two attached hydrogens (primary N) is 1. The van der Waals surface area contributed by atoms with Gasteiger partial charge in [0.15, 0.2) is 0 Å². The van der Waals surface area contributed by atoms with E-state index in [1.165, 1.54) is 5.56 Å². The van der Waals surface area contributed by atoms with Crippen molar-refractivity contribution in [1.29, 1.82) is 0 Å². The molecule has 1 saturated heterocycles. The minimum absolute atomic E-state index is 0.257. The number of nitrogens with zero attached hydrogens (tertiary/aromatic N) is 3. The van der Waals surface area contributed by atoms with Crippen molar-refractivity contribution in [2.24, 2.45) is 12.8 Å². The quantitative estimate of drug-likeness (QED) is 0.783. The SMILES string of the molecule is CCN1CCC(N)C1c1cn(C)nc1C. The average molecular weight is 208 g/mol. The summed E-state index contributed by atoms with van der Waals surface area (Å²) in [5, 5.41) is 4.39. The number of likely N-dealkylation sites (tertiary alicyclic amines) is 1.